The smallest absolute Gasteiger partial charge is 0.407 e. The van der Waals surface area contributed by atoms with Gasteiger partial charge in [-0.25, -0.2) is 19.4 Å². The van der Waals surface area contributed by atoms with Gasteiger partial charge in [-0.3, -0.25) is 19.2 Å². The third kappa shape index (κ3) is 13.2. The number of aliphatic hydroxyl groups excluding tert-OH is 3. The summed E-state index contributed by atoms with van der Waals surface area (Å²) in [6, 6.07) is 9.64. The van der Waals surface area contributed by atoms with Gasteiger partial charge in [0, 0.05) is 67.8 Å². The van der Waals surface area contributed by atoms with Crippen LogP contribution in [0.15, 0.2) is 54.7 Å². The van der Waals surface area contributed by atoms with Crippen molar-refractivity contribution in [1.29, 1.82) is 0 Å². The van der Waals surface area contributed by atoms with Gasteiger partial charge >= 0.3 is 18.0 Å². The predicted molar refractivity (Wildman–Crippen MR) is 273 cm³/mol. The van der Waals surface area contributed by atoms with E-state index in [1.54, 1.807) is 12.1 Å². The maximum atomic E-state index is 13.2. The van der Waals surface area contributed by atoms with E-state index in [1.165, 1.54) is 37.4 Å². The van der Waals surface area contributed by atoms with Crippen molar-refractivity contribution in [2.45, 2.75) is 128 Å². The molecule has 23 heteroatoms. The zero-order chi connectivity index (χ0) is 56.2. The van der Waals surface area contributed by atoms with Gasteiger partial charge in [-0.15, -0.1) is 0 Å². The number of allylic oxidation sites excluding steroid dienone is 2. The molecule has 3 heterocycles. The summed E-state index contributed by atoms with van der Waals surface area (Å²) in [6.45, 7) is 7.69. The van der Waals surface area contributed by atoms with Crippen LogP contribution in [0.4, 0.5) is 4.79 Å². The zero-order valence-electron chi connectivity index (χ0n) is 44.1. The summed E-state index contributed by atoms with van der Waals surface area (Å²) < 4.78 is 37.2. The van der Waals surface area contributed by atoms with E-state index in [9.17, 15) is 59.1 Å². The van der Waals surface area contributed by atoms with E-state index < -0.39 is 60.3 Å². The number of nitrogens with one attached hydrogen (secondary N) is 3. The molecular weight excluding hydrogens is 1020 g/mol. The molecule has 1 aliphatic heterocycles. The number of aliphatic carboxylic acids is 1. The minimum Gasteiger partial charge on any atom is -0.491 e. The lowest BCUT2D eigenvalue weighted by molar-refractivity contribution is -0.271. The van der Waals surface area contributed by atoms with E-state index in [2.05, 4.69) is 39.3 Å². The number of rotatable bonds is 25. The van der Waals surface area contributed by atoms with E-state index >= 15 is 0 Å². The number of ether oxygens (including phenoxy) is 6. The lowest BCUT2D eigenvalue weighted by atomic mass is 9.39. The number of carbonyl (C=O) groups excluding carboxylic acids is 5. The summed E-state index contributed by atoms with van der Waals surface area (Å²) in [5.74, 6) is -4.70. The normalized spacial score (nSPS) is 28.1. The Hall–Kier alpha value is -6.76. The number of pyridine rings is 1. The molecule has 8 N–H and O–H groups in total. The molecule has 3 amide bonds. The Morgan fingerprint density at radius 2 is 1.53 bits per heavy atom. The fourth-order valence-corrected chi connectivity index (χ4v) is 13.3. The summed E-state index contributed by atoms with van der Waals surface area (Å²) in [6.07, 6.45) is 0.116. The Morgan fingerprint density at radius 3 is 2.22 bits per heavy atom. The number of hydrogen-bond acceptors (Lipinski definition) is 17. The minimum atomic E-state index is -1.93. The van der Waals surface area contributed by atoms with Crippen LogP contribution in [0.1, 0.15) is 92.7 Å². The van der Waals surface area contributed by atoms with Crippen LogP contribution in [0.2, 0.25) is 0 Å². The molecular formula is C55H69N5O18. The number of carboxylic acids is 2. The number of carboxylic acid groups (broad SMARTS) is 2. The summed E-state index contributed by atoms with van der Waals surface area (Å²) in [5, 5.41) is 58.7. The second kappa shape index (κ2) is 23.7. The lowest BCUT2D eigenvalue weighted by Gasteiger charge is -2.69. The van der Waals surface area contributed by atoms with Gasteiger partial charge in [0.05, 0.1) is 43.5 Å². The third-order valence-electron chi connectivity index (χ3n) is 15.5. The van der Waals surface area contributed by atoms with Crippen LogP contribution >= 0.6 is 0 Å². The molecule has 4 bridgehead atoms. The summed E-state index contributed by atoms with van der Waals surface area (Å²) in [7, 11) is 1.51. The van der Waals surface area contributed by atoms with Gasteiger partial charge in [-0.2, -0.15) is 0 Å². The summed E-state index contributed by atoms with van der Waals surface area (Å²) >= 11 is 0. The van der Waals surface area contributed by atoms with Crippen LogP contribution in [-0.2, 0) is 62.5 Å². The molecule has 4 saturated carbocycles. The van der Waals surface area contributed by atoms with E-state index in [0.29, 0.717) is 23.4 Å². The number of aromatic carboxylic acids is 1. The van der Waals surface area contributed by atoms with Crippen LogP contribution in [0.3, 0.4) is 0 Å². The number of aromatic nitrogens is 2. The molecule has 9 rings (SSSR count). The van der Waals surface area contributed by atoms with Gasteiger partial charge < -0.3 is 74.5 Å². The number of amides is 3. The molecule has 5 fully saturated rings. The monoisotopic (exact) mass is 1090 g/mol. The standard InChI is InChI=1S/C55H69N5O18/c1-31-35(36-8-6-33(21-42(64)56-4)59-43(36)48(68)69)13-16-60(31)30-54-25-52(2)24-53(3,26-54)28-55(27-52,29-54)76-18-15-58-51(72)75-23-32-5-7-34(77-50-46(67)44(65)45(66)47(78-50)49(70)71)22-40(32)74-20-19-73-17-14-57-41(63)12-9-37-38(61)10-11-39(37)62/h5-8,10-11,13,16,22,37,44-47,50,65-67H,9,12,14-15,17-21,23-30H2,1-4H3,(H,56,64)(H,57,63)(H,58,72)(H,68,69)(H,70,71)/t44-,45-,46+,47-,50+,52?,53?,54?,55?/m0/s1. The highest BCUT2D eigenvalue weighted by atomic mass is 16.7. The van der Waals surface area contributed by atoms with Gasteiger partial charge in [0.2, 0.25) is 18.1 Å². The largest absolute Gasteiger partial charge is 0.491 e. The van der Waals surface area contributed by atoms with E-state index in [4.69, 9.17) is 28.4 Å². The molecule has 23 nitrogen and oxygen atoms in total. The van der Waals surface area contributed by atoms with Crippen molar-refractivity contribution in [1.82, 2.24) is 25.5 Å². The van der Waals surface area contributed by atoms with E-state index in [1.807, 2.05) is 19.2 Å². The molecule has 3 aromatic rings. The Morgan fingerprint density at radius 1 is 0.808 bits per heavy atom. The minimum absolute atomic E-state index is 0.00363. The molecule has 78 heavy (non-hydrogen) atoms. The first kappa shape index (κ1) is 57.4. The fourth-order valence-electron chi connectivity index (χ4n) is 13.3. The quantitative estimate of drug-likeness (QED) is 0.0447. The number of alkyl carbamates (subject to hydrolysis) is 1. The molecule has 1 saturated heterocycles. The first-order chi connectivity index (χ1) is 37.0. The molecule has 6 aliphatic rings. The molecule has 7 atom stereocenters. The number of likely N-dealkylation sites (N-methyl/N-ethyl adjacent to an activating group) is 1. The van der Waals surface area contributed by atoms with Crippen LogP contribution in [0, 0.1) is 29.1 Å². The number of hydrogen-bond donors (Lipinski definition) is 8. The van der Waals surface area contributed by atoms with Crippen LogP contribution in [0.5, 0.6) is 11.5 Å². The molecule has 1 aromatic carbocycles. The fraction of sp³-hybridized carbons (Fsp3) is 0.564. The highest BCUT2D eigenvalue weighted by Crippen LogP contribution is 2.72. The zero-order valence-corrected chi connectivity index (χ0v) is 44.1. The van der Waals surface area contributed by atoms with Crippen LogP contribution < -0.4 is 25.4 Å². The number of aliphatic hydroxyl groups is 3. The van der Waals surface area contributed by atoms with Gasteiger partial charge in [-0.05, 0) is 105 Å². The lowest BCUT2D eigenvalue weighted by Crippen LogP contribution is -2.64. The Kier molecular flexibility index (Phi) is 17.4. The van der Waals surface area contributed by atoms with Crippen molar-refractivity contribution in [3.05, 3.63) is 77.4 Å². The second-order valence-electron chi connectivity index (χ2n) is 22.2. The van der Waals surface area contributed by atoms with Gasteiger partial charge in [0.25, 0.3) is 0 Å². The average molecular weight is 1090 g/mol. The van der Waals surface area contributed by atoms with Gasteiger partial charge in [0.1, 0.15) is 43.0 Å². The summed E-state index contributed by atoms with van der Waals surface area (Å²) in [5.41, 5.74) is 2.24. The van der Waals surface area contributed by atoms with Crippen molar-refractivity contribution in [3.63, 3.8) is 0 Å². The molecule has 2 aromatic heterocycles. The van der Waals surface area contributed by atoms with Crippen molar-refractivity contribution < 1.29 is 87.5 Å². The maximum absolute atomic E-state index is 13.2. The van der Waals surface area contributed by atoms with E-state index in [0.717, 1.165) is 49.8 Å². The van der Waals surface area contributed by atoms with Crippen molar-refractivity contribution >= 4 is 41.4 Å². The predicted octanol–water partition coefficient (Wildman–Crippen LogP) is 2.79. The Balaban J connectivity index is 0.856. The van der Waals surface area contributed by atoms with Gasteiger partial charge in [0.15, 0.2) is 23.4 Å². The number of benzene rings is 1. The van der Waals surface area contributed by atoms with Crippen molar-refractivity contribution in [3.8, 4) is 22.6 Å². The Labute approximate surface area is 449 Å². The maximum Gasteiger partial charge on any atom is 0.407 e. The molecule has 2 unspecified atom stereocenters. The number of carbonyl (C=O) groups is 7. The molecule has 422 valence electrons. The van der Waals surface area contributed by atoms with Gasteiger partial charge in [-0.1, -0.05) is 19.9 Å². The SMILES string of the molecule is CNC(=O)Cc1ccc(-c2ccn(CC34CC5(C)CC(C)(C3)CC(OCCNC(=O)OCc3ccc(O[C@@H]6O[C@H](C(=O)O)[C@@H](O)[C@H](O)[C@H]6O)cc3OCCOCCNC(=O)CCC3C(=O)C=CC3=O)(C5)C4)c2C)c(C(=O)O)n1. The third-order valence-corrected chi connectivity index (χ3v) is 15.5. The number of nitrogens with zero attached hydrogens (tertiary/aromatic N) is 2. The number of ketones is 2. The Bertz CT molecular complexity index is 2780. The summed E-state index contributed by atoms with van der Waals surface area (Å²) in [4.78, 5) is 89.6. The topological polar surface area (TPSA) is 330 Å². The highest BCUT2D eigenvalue weighted by Gasteiger charge is 2.66. The molecule has 5 aliphatic carbocycles. The highest BCUT2D eigenvalue weighted by molar-refractivity contribution is 6.18. The second-order valence-corrected chi connectivity index (χ2v) is 22.2. The molecule has 0 radical (unpaired) electrons. The average Bonchev–Trinajstić information content (AvgIpc) is 4.02. The van der Waals surface area contributed by atoms with Crippen LogP contribution in [0.25, 0.3) is 11.1 Å². The molecule has 0 spiro atoms. The van der Waals surface area contributed by atoms with Crippen LogP contribution in [-0.4, -0.2) is 159 Å². The van der Waals surface area contributed by atoms with Crippen molar-refractivity contribution in [2.75, 3.05) is 46.6 Å². The van der Waals surface area contributed by atoms with Crippen molar-refractivity contribution in [2.24, 2.45) is 22.2 Å². The first-order valence-electron chi connectivity index (χ1n) is 26.1. The van der Waals surface area contributed by atoms with E-state index in [-0.39, 0.29) is 122 Å². The first-order valence-corrected chi connectivity index (χ1v) is 26.1.